The largest absolute Gasteiger partial charge is 0.337 e. The summed E-state index contributed by atoms with van der Waals surface area (Å²) >= 11 is 0. The molecule has 0 saturated carbocycles. The molecule has 116 valence electrons. The highest BCUT2D eigenvalue weighted by atomic mass is 28.3. The van der Waals surface area contributed by atoms with E-state index in [-0.39, 0.29) is 0 Å². The number of fused-ring (bicyclic) bond motifs is 1. The van der Waals surface area contributed by atoms with Gasteiger partial charge in [-0.1, -0.05) is 72.9 Å². The monoisotopic (exact) mass is 317 g/mol. The third kappa shape index (κ3) is 2.38. The maximum Gasteiger partial charge on any atom is 0.112 e. The van der Waals surface area contributed by atoms with Crippen molar-refractivity contribution in [1.29, 1.82) is 0 Å². The molecule has 2 aromatic rings. The summed E-state index contributed by atoms with van der Waals surface area (Å²) in [4.78, 5) is 2.54. The molecule has 0 fully saturated rings. The van der Waals surface area contributed by atoms with E-state index in [0.717, 1.165) is 6.54 Å². The maximum absolute atomic E-state index is 2.54. The Balaban J connectivity index is 1.87. The predicted molar refractivity (Wildman–Crippen MR) is 102 cm³/mol. The molecular formula is C21H23NSi. The molecule has 23 heavy (non-hydrogen) atoms. The van der Waals surface area contributed by atoms with Gasteiger partial charge < -0.3 is 4.90 Å². The molecule has 0 saturated heterocycles. The van der Waals surface area contributed by atoms with E-state index in [9.17, 15) is 0 Å². The van der Waals surface area contributed by atoms with Crippen LogP contribution in [-0.4, -0.2) is 8.07 Å². The van der Waals surface area contributed by atoms with Crippen LogP contribution < -0.4 is 10.1 Å². The predicted octanol–water partition coefficient (Wildman–Crippen LogP) is 4.77. The van der Waals surface area contributed by atoms with E-state index in [1.54, 1.807) is 10.4 Å². The average molecular weight is 318 g/mol. The summed E-state index contributed by atoms with van der Waals surface area (Å²) in [5.41, 5.74) is 4.25. The molecule has 0 bridgehead atoms. The Morgan fingerprint density at radius 3 is 2.52 bits per heavy atom. The first-order valence-corrected chi connectivity index (χ1v) is 11.5. The standard InChI is InChI=1S/C21H23NSi/c1-23(2)20-14-8-6-12-18(20)22(16-17-10-4-3-5-11-17)19-13-7-9-15-21(19)23/h3-8,10-14H,9,15-16H2,1-2H3. The zero-order valence-corrected chi connectivity index (χ0v) is 14.9. The van der Waals surface area contributed by atoms with Crippen LogP contribution in [0.3, 0.4) is 0 Å². The van der Waals surface area contributed by atoms with Crippen LogP contribution >= 0.6 is 0 Å². The van der Waals surface area contributed by atoms with Crippen LogP contribution in [0.2, 0.25) is 13.1 Å². The Hall–Kier alpha value is -2.06. The molecule has 0 atom stereocenters. The lowest BCUT2D eigenvalue weighted by Crippen LogP contribution is -2.52. The van der Waals surface area contributed by atoms with Crippen LogP contribution in [-0.2, 0) is 6.54 Å². The molecule has 2 heteroatoms. The van der Waals surface area contributed by atoms with Crippen molar-refractivity contribution in [2.24, 2.45) is 0 Å². The molecule has 2 aromatic carbocycles. The highest BCUT2D eigenvalue weighted by Gasteiger charge is 2.39. The van der Waals surface area contributed by atoms with Crippen LogP contribution in [0.1, 0.15) is 18.4 Å². The molecule has 0 amide bonds. The molecule has 0 spiro atoms. The van der Waals surface area contributed by atoms with Gasteiger partial charge in [-0.25, -0.2) is 0 Å². The molecule has 4 rings (SSSR count). The lowest BCUT2D eigenvalue weighted by Gasteiger charge is -2.43. The topological polar surface area (TPSA) is 3.24 Å². The SMILES string of the molecule is C[Si]1(C)C2=C(C=CCC2)N(Cc2ccccc2)c2ccccc21. The molecule has 0 aromatic heterocycles. The van der Waals surface area contributed by atoms with Gasteiger partial charge in [-0.15, -0.1) is 0 Å². The summed E-state index contributed by atoms with van der Waals surface area (Å²) in [6.45, 7) is 5.98. The Morgan fingerprint density at radius 2 is 1.70 bits per heavy atom. The molecule has 1 heterocycles. The van der Waals surface area contributed by atoms with E-state index < -0.39 is 8.07 Å². The summed E-state index contributed by atoms with van der Waals surface area (Å²) in [6, 6.07) is 19.9. The minimum Gasteiger partial charge on any atom is -0.337 e. The number of hydrogen-bond acceptors (Lipinski definition) is 1. The molecule has 2 aliphatic rings. The highest BCUT2D eigenvalue weighted by Crippen LogP contribution is 2.38. The smallest absolute Gasteiger partial charge is 0.112 e. The molecule has 1 nitrogen and oxygen atoms in total. The lowest BCUT2D eigenvalue weighted by atomic mass is 10.1. The Kier molecular flexibility index (Phi) is 3.50. The van der Waals surface area contributed by atoms with Gasteiger partial charge in [0.2, 0.25) is 0 Å². The van der Waals surface area contributed by atoms with Crippen molar-refractivity contribution in [3.05, 3.63) is 83.2 Å². The van der Waals surface area contributed by atoms with Crippen LogP contribution in [0.15, 0.2) is 77.6 Å². The van der Waals surface area contributed by atoms with E-state index in [0.29, 0.717) is 0 Å². The van der Waals surface area contributed by atoms with Gasteiger partial charge in [-0.3, -0.25) is 0 Å². The first-order chi connectivity index (χ1) is 11.2. The van der Waals surface area contributed by atoms with Gasteiger partial charge in [0.05, 0.1) is 0 Å². The summed E-state index contributed by atoms with van der Waals surface area (Å²) in [7, 11) is -1.55. The van der Waals surface area contributed by atoms with Crippen molar-refractivity contribution in [2.45, 2.75) is 32.5 Å². The Morgan fingerprint density at radius 1 is 0.957 bits per heavy atom. The number of para-hydroxylation sites is 1. The van der Waals surface area contributed by atoms with Crippen molar-refractivity contribution in [3.8, 4) is 0 Å². The molecule has 0 N–H and O–H groups in total. The Bertz CT molecular complexity index is 786. The lowest BCUT2D eigenvalue weighted by molar-refractivity contribution is 0.879. The number of anilines is 1. The zero-order valence-electron chi connectivity index (χ0n) is 13.9. The quantitative estimate of drug-likeness (QED) is 0.722. The summed E-state index contributed by atoms with van der Waals surface area (Å²) in [6.07, 6.45) is 7.13. The van der Waals surface area contributed by atoms with Crippen LogP contribution in [0.5, 0.6) is 0 Å². The highest BCUT2D eigenvalue weighted by molar-refractivity contribution is 6.97. The van der Waals surface area contributed by atoms with Crippen LogP contribution in [0.25, 0.3) is 0 Å². The molecule has 0 unspecified atom stereocenters. The third-order valence-electron chi connectivity index (χ3n) is 5.24. The fourth-order valence-electron chi connectivity index (χ4n) is 4.00. The van der Waals surface area contributed by atoms with Crippen molar-refractivity contribution >= 4 is 18.9 Å². The second-order valence-corrected chi connectivity index (χ2v) is 11.4. The van der Waals surface area contributed by atoms with Crippen LogP contribution in [0.4, 0.5) is 5.69 Å². The van der Waals surface area contributed by atoms with Crippen molar-refractivity contribution in [3.63, 3.8) is 0 Å². The van der Waals surface area contributed by atoms with Crippen LogP contribution in [0, 0.1) is 0 Å². The van der Waals surface area contributed by atoms with E-state index in [1.165, 1.54) is 29.8 Å². The molecular weight excluding hydrogens is 294 g/mol. The van der Waals surface area contributed by atoms with Crippen molar-refractivity contribution in [2.75, 3.05) is 4.90 Å². The molecule has 0 radical (unpaired) electrons. The summed E-state index contributed by atoms with van der Waals surface area (Å²) in [5.74, 6) is 0. The second kappa shape index (κ2) is 5.54. The number of rotatable bonds is 2. The fourth-order valence-corrected chi connectivity index (χ4v) is 7.33. The molecule has 1 aliphatic heterocycles. The fraction of sp³-hybridized carbons (Fsp3) is 0.238. The first kappa shape index (κ1) is 14.5. The maximum atomic E-state index is 2.54. The van der Waals surface area contributed by atoms with Gasteiger partial charge in [0.15, 0.2) is 0 Å². The minimum absolute atomic E-state index is 0.950. The number of allylic oxidation sites excluding steroid dienone is 3. The van der Waals surface area contributed by atoms with E-state index in [4.69, 9.17) is 0 Å². The normalized spacial score (nSPS) is 18.6. The van der Waals surface area contributed by atoms with Gasteiger partial charge in [-0.2, -0.15) is 0 Å². The number of benzene rings is 2. The van der Waals surface area contributed by atoms with Gasteiger partial charge in [-0.05, 0) is 35.7 Å². The summed E-state index contributed by atoms with van der Waals surface area (Å²) < 4.78 is 0. The van der Waals surface area contributed by atoms with Gasteiger partial charge >= 0.3 is 0 Å². The number of hydrogen-bond donors (Lipinski definition) is 0. The van der Waals surface area contributed by atoms with E-state index >= 15 is 0 Å². The second-order valence-electron chi connectivity index (χ2n) is 7.02. The zero-order chi connectivity index (χ0) is 15.9. The van der Waals surface area contributed by atoms with E-state index in [1.807, 2.05) is 0 Å². The average Bonchev–Trinajstić information content (AvgIpc) is 2.60. The van der Waals surface area contributed by atoms with Gasteiger partial charge in [0.1, 0.15) is 8.07 Å². The summed E-state index contributed by atoms with van der Waals surface area (Å²) in [5, 5.41) is 3.31. The first-order valence-electron chi connectivity index (χ1n) is 8.49. The Labute approximate surface area is 140 Å². The van der Waals surface area contributed by atoms with Crippen molar-refractivity contribution in [1.82, 2.24) is 0 Å². The third-order valence-corrected chi connectivity index (χ3v) is 9.03. The van der Waals surface area contributed by atoms with Gasteiger partial charge in [0, 0.05) is 17.9 Å². The number of nitrogens with zero attached hydrogens (tertiary/aromatic N) is 1. The molecule has 1 aliphatic carbocycles. The minimum atomic E-state index is -1.55. The van der Waals surface area contributed by atoms with Crippen molar-refractivity contribution < 1.29 is 0 Å². The van der Waals surface area contributed by atoms with E-state index in [2.05, 4.69) is 84.7 Å². The van der Waals surface area contributed by atoms with Gasteiger partial charge in [0.25, 0.3) is 0 Å².